The van der Waals surface area contributed by atoms with Crippen LogP contribution in [0.2, 0.25) is 0 Å². The van der Waals surface area contributed by atoms with Gasteiger partial charge in [0.15, 0.2) is 6.10 Å². The largest absolute Gasteiger partial charge is 0.497 e. The van der Waals surface area contributed by atoms with Crippen LogP contribution in [0.4, 0.5) is 5.69 Å². The molecular formula is C28H32N2O6S. The molecule has 4 rings (SSSR count). The highest BCUT2D eigenvalue weighted by molar-refractivity contribution is 7.92. The molecule has 0 fully saturated rings. The van der Waals surface area contributed by atoms with E-state index in [4.69, 9.17) is 14.2 Å². The predicted octanol–water partition coefficient (Wildman–Crippen LogP) is 4.14. The number of benzene rings is 3. The van der Waals surface area contributed by atoms with Crippen LogP contribution in [0.15, 0.2) is 77.7 Å². The second kappa shape index (κ2) is 10.7. The average Bonchev–Trinajstić information content (AvgIpc) is 2.90. The first-order valence-corrected chi connectivity index (χ1v) is 13.5. The molecule has 1 atom stereocenters. The minimum absolute atomic E-state index is 0.149. The third-order valence-corrected chi connectivity index (χ3v) is 7.84. The summed E-state index contributed by atoms with van der Waals surface area (Å²) in [7, 11) is -2.34. The molecule has 1 aliphatic heterocycles. The summed E-state index contributed by atoms with van der Waals surface area (Å²) in [6, 6.07) is 20.8. The molecule has 1 heterocycles. The summed E-state index contributed by atoms with van der Waals surface area (Å²) >= 11 is 0. The van der Waals surface area contributed by atoms with Gasteiger partial charge in [0.05, 0.1) is 30.8 Å². The van der Waals surface area contributed by atoms with Gasteiger partial charge in [-0.2, -0.15) is 0 Å². The van der Waals surface area contributed by atoms with Crippen LogP contribution < -0.4 is 23.8 Å². The Bertz CT molecular complexity index is 1340. The van der Waals surface area contributed by atoms with E-state index >= 15 is 0 Å². The van der Waals surface area contributed by atoms with Crippen LogP contribution in [0.5, 0.6) is 17.2 Å². The number of carbonyl (C=O) groups is 1. The smallest absolute Gasteiger partial charge is 0.264 e. The highest BCUT2D eigenvalue weighted by Crippen LogP contribution is 2.40. The Morgan fingerprint density at radius 1 is 1.03 bits per heavy atom. The van der Waals surface area contributed by atoms with Gasteiger partial charge in [-0.1, -0.05) is 45.0 Å². The maximum Gasteiger partial charge on any atom is 0.264 e. The second-order valence-corrected chi connectivity index (χ2v) is 11.6. The minimum atomic E-state index is -3.93. The molecule has 9 heteroatoms. The molecule has 0 saturated carbocycles. The zero-order chi connectivity index (χ0) is 26.6. The fraction of sp³-hybridized carbons (Fsp3) is 0.321. The zero-order valence-electron chi connectivity index (χ0n) is 21.4. The summed E-state index contributed by atoms with van der Waals surface area (Å²) in [4.78, 5) is 13.2. The van der Waals surface area contributed by atoms with E-state index in [1.807, 2.05) is 12.1 Å². The Morgan fingerprint density at radius 2 is 1.70 bits per heavy atom. The molecule has 0 radical (unpaired) electrons. The molecule has 3 aromatic rings. The van der Waals surface area contributed by atoms with Crippen molar-refractivity contribution in [2.45, 2.75) is 37.2 Å². The summed E-state index contributed by atoms with van der Waals surface area (Å²) in [5.74, 6) is 1.29. The number of anilines is 1. The van der Waals surface area contributed by atoms with Gasteiger partial charge in [-0.05, 0) is 59.5 Å². The molecule has 37 heavy (non-hydrogen) atoms. The van der Waals surface area contributed by atoms with Crippen LogP contribution in [-0.2, 0) is 20.2 Å². The summed E-state index contributed by atoms with van der Waals surface area (Å²) in [5, 5.41) is 2.79. The van der Waals surface area contributed by atoms with Gasteiger partial charge in [0.25, 0.3) is 15.9 Å². The van der Waals surface area contributed by atoms with Gasteiger partial charge in [0.1, 0.15) is 23.9 Å². The van der Waals surface area contributed by atoms with Crippen LogP contribution in [-0.4, -0.2) is 47.2 Å². The number of nitrogens with zero attached hydrogens (tertiary/aromatic N) is 1. The van der Waals surface area contributed by atoms with Crippen molar-refractivity contribution in [2.75, 3.05) is 31.1 Å². The molecule has 0 saturated heterocycles. The monoisotopic (exact) mass is 524 g/mol. The Balaban J connectivity index is 1.51. The minimum Gasteiger partial charge on any atom is -0.497 e. The van der Waals surface area contributed by atoms with Crippen molar-refractivity contribution in [3.8, 4) is 17.2 Å². The molecule has 1 N–H and O–H groups in total. The summed E-state index contributed by atoms with van der Waals surface area (Å²) in [5.41, 5.74) is 1.18. The van der Waals surface area contributed by atoms with Crippen molar-refractivity contribution in [1.29, 1.82) is 0 Å². The van der Waals surface area contributed by atoms with Crippen LogP contribution in [0.25, 0.3) is 0 Å². The second-order valence-electron chi connectivity index (χ2n) is 9.70. The van der Waals surface area contributed by atoms with Crippen LogP contribution in [0.1, 0.15) is 26.3 Å². The number of methoxy groups -OCH3 is 1. The number of nitrogens with one attached hydrogen (secondary N) is 1. The molecule has 1 aliphatic rings. The van der Waals surface area contributed by atoms with Gasteiger partial charge in [-0.15, -0.1) is 0 Å². The molecule has 0 bridgehead atoms. The maximum absolute atomic E-state index is 13.7. The molecular weight excluding hydrogens is 492 g/mol. The Kier molecular flexibility index (Phi) is 7.63. The first kappa shape index (κ1) is 26.3. The van der Waals surface area contributed by atoms with E-state index in [1.54, 1.807) is 67.8 Å². The SMILES string of the molecule is COc1ccc(OCCNC(=O)C2CN(S(=O)(=O)c3ccccc3)c3cc(C(C)(C)C)ccc3O2)cc1. The molecule has 0 aliphatic carbocycles. The topological polar surface area (TPSA) is 94.2 Å². The molecule has 0 spiro atoms. The van der Waals surface area contributed by atoms with Crippen molar-refractivity contribution in [2.24, 2.45) is 0 Å². The van der Waals surface area contributed by atoms with Crippen molar-refractivity contribution >= 4 is 21.6 Å². The predicted molar refractivity (Wildman–Crippen MR) is 142 cm³/mol. The summed E-state index contributed by atoms with van der Waals surface area (Å²) in [6.07, 6.45) is -1.02. The van der Waals surface area contributed by atoms with E-state index in [2.05, 4.69) is 26.1 Å². The van der Waals surface area contributed by atoms with Crippen molar-refractivity contribution < 1.29 is 27.4 Å². The lowest BCUT2D eigenvalue weighted by Crippen LogP contribution is -2.51. The highest BCUT2D eigenvalue weighted by atomic mass is 32.2. The number of rotatable bonds is 8. The maximum atomic E-state index is 13.7. The standard InChI is InChI=1S/C28H32N2O6S/c1-28(2,3)20-10-15-25-24(18-20)30(37(32,33)23-8-6-5-7-9-23)19-26(36-25)27(31)29-16-17-35-22-13-11-21(34-4)12-14-22/h5-15,18,26H,16-17,19H2,1-4H3,(H,29,31). The van der Waals surface area contributed by atoms with E-state index in [-0.39, 0.29) is 30.0 Å². The molecule has 3 aromatic carbocycles. The van der Waals surface area contributed by atoms with Crippen LogP contribution in [0, 0.1) is 0 Å². The number of fused-ring (bicyclic) bond motifs is 1. The van der Waals surface area contributed by atoms with Crippen molar-refractivity contribution in [3.05, 3.63) is 78.4 Å². The summed E-state index contributed by atoms with van der Waals surface area (Å²) < 4.78 is 45.4. The Labute approximate surface area is 218 Å². The molecule has 8 nitrogen and oxygen atoms in total. The molecule has 1 unspecified atom stereocenters. The fourth-order valence-electron chi connectivity index (χ4n) is 3.93. The number of sulfonamides is 1. The number of hydrogen-bond acceptors (Lipinski definition) is 6. The lowest BCUT2D eigenvalue weighted by molar-refractivity contribution is -0.127. The van der Waals surface area contributed by atoms with Gasteiger partial charge in [-0.3, -0.25) is 9.10 Å². The Morgan fingerprint density at radius 3 is 2.35 bits per heavy atom. The Hall–Kier alpha value is -3.72. The van der Waals surface area contributed by atoms with Gasteiger partial charge in [0.2, 0.25) is 0 Å². The van der Waals surface area contributed by atoms with Crippen LogP contribution in [0.3, 0.4) is 0 Å². The first-order chi connectivity index (χ1) is 17.6. The van der Waals surface area contributed by atoms with Crippen molar-refractivity contribution in [3.63, 3.8) is 0 Å². The van der Waals surface area contributed by atoms with Gasteiger partial charge < -0.3 is 19.5 Å². The van der Waals surface area contributed by atoms with Gasteiger partial charge in [-0.25, -0.2) is 8.42 Å². The number of amides is 1. The van der Waals surface area contributed by atoms with Gasteiger partial charge >= 0.3 is 0 Å². The lowest BCUT2D eigenvalue weighted by Gasteiger charge is -2.36. The number of carbonyl (C=O) groups excluding carboxylic acids is 1. The zero-order valence-corrected chi connectivity index (χ0v) is 22.2. The molecule has 196 valence electrons. The highest BCUT2D eigenvalue weighted by Gasteiger charge is 2.38. The van der Waals surface area contributed by atoms with E-state index in [1.165, 1.54) is 4.31 Å². The third-order valence-electron chi connectivity index (χ3n) is 6.05. The van der Waals surface area contributed by atoms with E-state index in [0.29, 0.717) is 17.2 Å². The van der Waals surface area contributed by atoms with E-state index < -0.39 is 22.0 Å². The number of hydrogen-bond donors (Lipinski definition) is 1. The van der Waals surface area contributed by atoms with Crippen molar-refractivity contribution in [1.82, 2.24) is 5.32 Å². The van der Waals surface area contributed by atoms with E-state index in [9.17, 15) is 13.2 Å². The van der Waals surface area contributed by atoms with Crippen LogP contribution >= 0.6 is 0 Å². The molecule has 0 aromatic heterocycles. The lowest BCUT2D eigenvalue weighted by atomic mass is 9.86. The third kappa shape index (κ3) is 5.99. The average molecular weight is 525 g/mol. The molecule has 1 amide bonds. The van der Waals surface area contributed by atoms with Gasteiger partial charge in [0, 0.05) is 0 Å². The fourth-order valence-corrected chi connectivity index (χ4v) is 5.42. The number of ether oxygens (including phenoxy) is 3. The van der Waals surface area contributed by atoms with E-state index in [0.717, 1.165) is 11.3 Å². The quantitative estimate of drug-likeness (QED) is 0.445. The first-order valence-electron chi connectivity index (χ1n) is 12.0. The normalized spacial score (nSPS) is 15.4. The summed E-state index contributed by atoms with van der Waals surface area (Å²) in [6.45, 7) is 6.48.